The van der Waals surface area contributed by atoms with Crippen molar-refractivity contribution in [2.24, 2.45) is 0 Å². The molecule has 9 heteroatoms. The molecular formula is C24H20F3N3O3. The monoisotopic (exact) mass is 455 g/mol. The third-order valence-electron chi connectivity index (χ3n) is 5.39. The molecule has 3 heterocycles. The Morgan fingerprint density at radius 2 is 1.88 bits per heavy atom. The Morgan fingerprint density at radius 1 is 1.15 bits per heavy atom. The predicted octanol–water partition coefficient (Wildman–Crippen LogP) is 4.14. The largest absolute Gasteiger partial charge is 0.493 e. The zero-order chi connectivity index (χ0) is 23.8. The molecule has 3 aromatic rings. The number of carbonyl (C=O) groups excluding carboxylic acids is 2. The van der Waals surface area contributed by atoms with Gasteiger partial charge in [-0.3, -0.25) is 9.78 Å². The molecule has 6 nitrogen and oxygen atoms in total. The van der Waals surface area contributed by atoms with E-state index in [9.17, 15) is 22.8 Å². The summed E-state index contributed by atoms with van der Waals surface area (Å²) in [5.41, 5.74) is 4.74. The van der Waals surface area contributed by atoms with Crippen LogP contribution in [0.15, 0.2) is 42.6 Å². The number of aromatic nitrogens is 2. The van der Waals surface area contributed by atoms with Crippen LogP contribution in [0.5, 0.6) is 0 Å². The number of nitrogens with one attached hydrogen (secondary N) is 1. The molecule has 0 saturated carbocycles. The molecule has 170 valence electrons. The van der Waals surface area contributed by atoms with Gasteiger partial charge in [0.2, 0.25) is 0 Å². The number of aryl methyl sites for hydroxylation is 2. The van der Waals surface area contributed by atoms with Gasteiger partial charge in [0.05, 0.1) is 22.6 Å². The highest BCUT2D eigenvalue weighted by Crippen LogP contribution is 2.29. The first-order valence-electron chi connectivity index (χ1n) is 10.2. The zero-order valence-corrected chi connectivity index (χ0v) is 17.9. The lowest BCUT2D eigenvalue weighted by Crippen LogP contribution is -2.37. The van der Waals surface area contributed by atoms with E-state index in [-0.39, 0.29) is 29.9 Å². The summed E-state index contributed by atoms with van der Waals surface area (Å²) in [7, 11) is 0. The molecule has 0 radical (unpaired) electrons. The predicted molar refractivity (Wildman–Crippen MR) is 116 cm³/mol. The molecule has 1 aliphatic rings. The maximum absolute atomic E-state index is 12.9. The maximum Gasteiger partial charge on any atom is 0.493 e. The highest BCUT2D eigenvalue weighted by atomic mass is 19.4. The Morgan fingerprint density at radius 3 is 2.58 bits per heavy atom. The van der Waals surface area contributed by atoms with Gasteiger partial charge in [0.1, 0.15) is 0 Å². The summed E-state index contributed by atoms with van der Waals surface area (Å²) in [6.07, 6.45) is 0.250. The Balaban J connectivity index is 1.75. The van der Waals surface area contributed by atoms with Crippen LogP contribution in [-0.4, -0.2) is 34.3 Å². The average molecular weight is 455 g/mol. The number of benzene rings is 1. The van der Waals surface area contributed by atoms with E-state index in [0.717, 1.165) is 21.4 Å². The number of halogens is 3. The molecule has 1 aromatic carbocycles. The second kappa shape index (κ2) is 8.57. The summed E-state index contributed by atoms with van der Waals surface area (Å²) in [5, 5.41) is 2.64. The first kappa shape index (κ1) is 22.3. The standard InChI is InChI=1S/C24H20F3N3O3/c1-14-4-3-5-15(2)18(14)7-6-17-12-16(8-10-28-17)21-13-19-20(9-11-29-22(19)31)30(21)33-23(32)24(25,26)27/h3-8,10,12-13H,9,11H2,1-2H3,(H,29,31). The van der Waals surface area contributed by atoms with Crippen LogP contribution in [0.3, 0.4) is 0 Å². The molecule has 0 spiro atoms. The molecule has 0 fully saturated rings. The lowest BCUT2D eigenvalue weighted by Gasteiger charge is -2.17. The summed E-state index contributed by atoms with van der Waals surface area (Å²) in [6.45, 7) is 4.21. The number of pyridine rings is 1. The smallest absolute Gasteiger partial charge is 0.352 e. The van der Waals surface area contributed by atoms with Crippen LogP contribution in [0, 0.1) is 13.8 Å². The van der Waals surface area contributed by atoms with Crippen molar-refractivity contribution < 1.29 is 27.6 Å². The molecule has 1 N–H and O–H groups in total. The van der Waals surface area contributed by atoms with Crippen molar-refractivity contribution >= 4 is 24.0 Å². The number of nitrogens with zero attached hydrogens (tertiary/aromatic N) is 2. The fourth-order valence-corrected chi connectivity index (χ4v) is 3.75. The molecule has 0 bridgehead atoms. The van der Waals surface area contributed by atoms with Crippen molar-refractivity contribution in [2.45, 2.75) is 26.4 Å². The molecule has 33 heavy (non-hydrogen) atoms. The fraction of sp³-hybridized carbons (Fsp3) is 0.208. The molecule has 1 aliphatic heterocycles. The number of rotatable bonds is 4. The second-order valence-electron chi connectivity index (χ2n) is 7.67. The summed E-state index contributed by atoms with van der Waals surface area (Å²) in [6, 6.07) is 10.6. The number of alkyl halides is 3. The van der Waals surface area contributed by atoms with Gasteiger partial charge in [-0.25, -0.2) is 4.79 Å². The van der Waals surface area contributed by atoms with Crippen LogP contribution >= 0.6 is 0 Å². The van der Waals surface area contributed by atoms with E-state index < -0.39 is 18.1 Å². The van der Waals surface area contributed by atoms with E-state index in [1.165, 1.54) is 12.3 Å². The lowest BCUT2D eigenvalue weighted by molar-refractivity contribution is -0.199. The number of hydrogen-bond donors (Lipinski definition) is 1. The first-order chi connectivity index (χ1) is 15.6. The van der Waals surface area contributed by atoms with E-state index >= 15 is 0 Å². The Labute approximate surface area is 187 Å². The van der Waals surface area contributed by atoms with Gasteiger partial charge in [-0.05, 0) is 54.8 Å². The quantitative estimate of drug-likeness (QED) is 0.642. The van der Waals surface area contributed by atoms with Crippen LogP contribution < -0.4 is 10.2 Å². The molecule has 0 atom stereocenters. The molecule has 0 saturated heterocycles. The number of amides is 1. The highest BCUT2D eigenvalue weighted by molar-refractivity contribution is 5.98. The second-order valence-corrected chi connectivity index (χ2v) is 7.67. The van der Waals surface area contributed by atoms with Gasteiger partial charge in [-0.15, -0.1) is 0 Å². The zero-order valence-electron chi connectivity index (χ0n) is 17.9. The number of hydrogen-bond acceptors (Lipinski definition) is 4. The third kappa shape index (κ3) is 4.52. The van der Waals surface area contributed by atoms with Crippen LogP contribution in [0.1, 0.15) is 38.4 Å². The van der Waals surface area contributed by atoms with E-state index in [2.05, 4.69) is 15.1 Å². The molecule has 0 aliphatic carbocycles. The van der Waals surface area contributed by atoms with Crippen molar-refractivity contribution in [1.29, 1.82) is 0 Å². The molecule has 2 aromatic heterocycles. The minimum atomic E-state index is -5.18. The maximum atomic E-state index is 12.9. The van der Waals surface area contributed by atoms with Gasteiger partial charge in [0.15, 0.2) is 0 Å². The van der Waals surface area contributed by atoms with Crippen LogP contribution in [0.4, 0.5) is 13.2 Å². The highest BCUT2D eigenvalue weighted by Gasteiger charge is 2.43. The van der Waals surface area contributed by atoms with Crippen molar-refractivity contribution in [1.82, 2.24) is 15.0 Å². The Bertz CT molecular complexity index is 1260. The Hall–Kier alpha value is -3.88. The lowest BCUT2D eigenvalue weighted by atomic mass is 10.0. The van der Waals surface area contributed by atoms with Gasteiger partial charge in [-0.2, -0.15) is 17.9 Å². The normalized spacial score (nSPS) is 13.7. The molecule has 4 rings (SSSR count). The third-order valence-corrected chi connectivity index (χ3v) is 5.39. The van der Waals surface area contributed by atoms with Gasteiger partial charge < -0.3 is 10.2 Å². The van der Waals surface area contributed by atoms with Crippen LogP contribution in [-0.2, 0) is 11.2 Å². The van der Waals surface area contributed by atoms with E-state index in [1.807, 2.05) is 38.1 Å². The topological polar surface area (TPSA) is 73.2 Å². The molecule has 1 amide bonds. The fourth-order valence-electron chi connectivity index (χ4n) is 3.75. The first-order valence-corrected chi connectivity index (χ1v) is 10.2. The van der Waals surface area contributed by atoms with E-state index in [0.29, 0.717) is 11.3 Å². The SMILES string of the molecule is Cc1cccc(C)c1C=Cc1cc(-c2cc3c(n2OC(=O)C(F)(F)F)CCNC3=O)ccn1. The number of fused-ring (bicyclic) bond motifs is 1. The van der Waals surface area contributed by atoms with E-state index in [1.54, 1.807) is 18.2 Å². The van der Waals surface area contributed by atoms with Crippen molar-refractivity contribution in [3.05, 3.63) is 76.2 Å². The van der Waals surface area contributed by atoms with Crippen molar-refractivity contribution in [3.8, 4) is 11.3 Å². The van der Waals surface area contributed by atoms with Crippen molar-refractivity contribution in [3.63, 3.8) is 0 Å². The van der Waals surface area contributed by atoms with E-state index in [4.69, 9.17) is 0 Å². The van der Waals surface area contributed by atoms with Gasteiger partial charge in [0, 0.05) is 24.7 Å². The van der Waals surface area contributed by atoms with Crippen LogP contribution in [0.2, 0.25) is 0 Å². The van der Waals surface area contributed by atoms with Gasteiger partial charge >= 0.3 is 12.1 Å². The van der Waals surface area contributed by atoms with Gasteiger partial charge in [0.25, 0.3) is 5.91 Å². The Kier molecular flexibility index (Phi) is 5.80. The summed E-state index contributed by atoms with van der Waals surface area (Å²) in [5.74, 6) is -2.80. The van der Waals surface area contributed by atoms with Gasteiger partial charge in [-0.1, -0.05) is 24.3 Å². The molecular weight excluding hydrogens is 435 g/mol. The molecule has 0 unspecified atom stereocenters. The number of carbonyl (C=O) groups is 2. The summed E-state index contributed by atoms with van der Waals surface area (Å²) < 4.78 is 39.5. The minimum Gasteiger partial charge on any atom is -0.352 e. The van der Waals surface area contributed by atoms with Crippen molar-refractivity contribution in [2.75, 3.05) is 6.54 Å². The van der Waals surface area contributed by atoms with Crippen LogP contribution in [0.25, 0.3) is 23.4 Å². The summed E-state index contributed by atoms with van der Waals surface area (Å²) >= 11 is 0. The summed E-state index contributed by atoms with van der Waals surface area (Å²) in [4.78, 5) is 32.8. The minimum absolute atomic E-state index is 0.152. The average Bonchev–Trinajstić information content (AvgIpc) is 3.13.